The molecule has 22 heavy (non-hydrogen) atoms. The van der Waals surface area contributed by atoms with Gasteiger partial charge in [0.2, 0.25) is 6.79 Å². The van der Waals surface area contributed by atoms with Gasteiger partial charge in [0.05, 0.1) is 0 Å². The maximum atomic E-state index is 5.39. The minimum Gasteiger partial charge on any atom is -0.454 e. The number of anilines is 1. The predicted octanol–water partition coefficient (Wildman–Crippen LogP) is 2.56. The zero-order valence-electron chi connectivity index (χ0n) is 13.0. The Bertz CT molecular complexity index is 628. The molecule has 0 fully saturated rings. The summed E-state index contributed by atoms with van der Waals surface area (Å²) >= 11 is 0. The molecule has 1 aliphatic heterocycles. The van der Waals surface area contributed by atoms with Crippen LogP contribution in [-0.4, -0.2) is 25.4 Å². The van der Waals surface area contributed by atoms with Gasteiger partial charge in [0, 0.05) is 32.9 Å². The van der Waals surface area contributed by atoms with Crippen molar-refractivity contribution >= 4 is 5.82 Å². The Balaban J connectivity index is 1.52. The van der Waals surface area contributed by atoms with Crippen LogP contribution in [0.1, 0.15) is 18.1 Å². The maximum Gasteiger partial charge on any atom is 0.231 e. The second kappa shape index (κ2) is 6.66. The average Bonchev–Trinajstić information content (AvgIpc) is 3.02. The van der Waals surface area contributed by atoms with Gasteiger partial charge in [0.1, 0.15) is 5.82 Å². The number of ether oxygens (including phenoxy) is 2. The summed E-state index contributed by atoms with van der Waals surface area (Å²) < 4.78 is 10.7. The van der Waals surface area contributed by atoms with E-state index >= 15 is 0 Å². The summed E-state index contributed by atoms with van der Waals surface area (Å²) in [5.41, 5.74) is 2.36. The van der Waals surface area contributed by atoms with Crippen LogP contribution in [0.4, 0.5) is 5.82 Å². The van der Waals surface area contributed by atoms with Crippen LogP contribution in [0.5, 0.6) is 11.5 Å². The number of fused-ring (bicyclic) bond motifs is 1. The van der Waals surface area contributed by atoms with Crippen molar-refractivity contribution in [2.45, 2.75) is 20.0 Å². The van der Waals surface area contributed by atoms with Gasteiger partial charge < -0.3 is 19.7 Å². The minimum atomic E-state index is 0.316. The molecule has 0 aliphatic carbocycles. The first kappa shape index (κ1) is 14.7. The molecule has 0 atom stereocenters. The van der Waals surface area contributed by atoms with Crippen LogP contribution in [0, 0.1) is 0 Å². The zero-order chi connectivity index (χ0) is 15.4. The van der Waals surface area contributed by atoms with Crippen LogP contribution in [0.15, 0.2) is 36.5 Å². The maximum absolute atomic E-state index is 5.39. The SMILES string of the molecule is CCN(C)c1ccc(CNCc2ccc3c(c2)OCO3)cn1. The summed E-state index contributed by atoms with van der Waals surface area (Å²) in [6.45, 7) is 4.96. The lowest BCUT2D eigenvalue weighted by Crippen LogP contribution is -2.17. The molecule has 5 nitrogen and oxygen atoms in total. The Labute approximate surface area is 130 Å². The molecule has 116 valence electrons. The van der Waals surface area contributed by atoms with E-state index in [0.29, 0.717) is 6.79 Å². The highest BCUT2D eigenvalue weighted by Gasteiger charge is 2.12. The summed E-state index contributed by atoms with van der Waals surface area (Å²) in [5, 5.41) is 3.42. The van der Waals surface area contributed by atoms with E-state index in [9.17, 15) is 0 Å². The lowest BCUT2D eigenvalue weighted by molar-refractivity contribution is 0.174. The van der Waals surface area contributed by atoms with Gasteiger partial charge in [0.25, 0.3) is 0 Å². The average molecular weight is 299 g/mol. The topological polar surface area (TPSA) is 46.6 Å². The number of pyridine rings is 1. The molecule has 1 aromatic carbocycles. The van der Waals surface area contributed by atoms with E-state index in [2.05, 4.69) is 40.3 Å². The Morgan fingerprint density at radius 3 is 2.64 bits per heavy atom. The summed E-state index contributed by atoms with van der Waals surface area (Å²) in [7, 11) is 2.04. The van der Waals surface area contributed by atoms with Crippen molar-refractivity contribution in [3.05, 3.63) is 47.7 Å². The summed E-state index contributed by atoms with van der Waals surface area (Å²) in [6, 6.07) is 10.2. The van der Waals surface area contributed by atoms with Crippen LogP contribution in [0.3, 0.4) is 0 Å². The van der Waals surface area contributed by atoms with Crippen LogP contribution >= 0.6 is 0 Å². The van der Waals surface area contributed by atoms with Crippen molar-refractivity contribution in [2.75, 3.05) is 25.3 Å². The number of nitrogens with one attached hydrogen (secondary N) is 1. The second-order valence-electron chi connectivity index (χ2n) is 5.33. The first-order valence-corrected chi connectivity index (χ1v) is 7.51. The fourth-order valence-corrected chi connectivity index (χ4v) is 2.31. The summed E-state index contributed by atoms with van der Waals surface area (Å²) in [4.78, 5) is 6.59. The highest BCUT2D eigenvalue weighted by atomic mass is 16.7. The van der Waals surface area contributed by atoms with E-state index < -0.39 is 0 Å². The van der Waals surface area contributed by atoms with E-state index in [-0.39, 0.29) is 0 Å². The normalized spacial score (nSPS) is 12.5. The molecule has 0 spiro atoms. The fraction of sp³-hybridized carbons (Fsp3) is 0.353. The van der Waals surface area contributed by atoms with Crippen LogP contribution in [0.25, 0.3) is 0 Å². The number of rotatable bonds is 6. The molecule has 0 unspecified atom stereocenters. The Hall–Kier alpha value is -2.27. The predicted molar refractivity (Wildman–Crippen MR) is 86.3 cm³/mol. The van der Waals surface area contributed by atoms with Crippen molar-refractivity contribution in [3.8, 4) is 11.5 Å². The molecule has 2 aromatic rings. The highest BCUT2D eigenvalue weighted by molar-refractivity contribution is 5.44. The smallest absolute Gasteiger partial charge is 0.231 e. The van der Waals surface area contributed by atoms with E-state index in [1.54, 1.807) is 0 Å². The van der Waals surface area contributed by atoms with Crippen LogP contribution in [-0.2, 0) is 13.1 Å². The quantitative estimate of drug-likeness (QED) is 0.888. The van der Waals surface area contributed by atoms with Gasteiger partial charge in [-0.05, 0) is 36.2 Å². The first-order valence-electron chi connectivity index (χ1n) is 7.51. The Morgan fingerprint density at radius 2 is 1.86 bits per heavy atom. The molecule has 3 rings (SSSR count). The third kappa shape index (κ3) is 3.31. The Kier molecular flexibility index (Phi) is 4.44. The number of hydrogen-bond donors (Lipinski definition) is 1. The molecule has 1 aromatic heterocycles. The minimum absolute atomic E-state index is 0.316. The third-order valence-electron chi connectivity index (χ3n) is 3.77. The van der Waals surface area contributed by atoms with E-state index in [0.717, 1.165) is 37.0 Å². The lowest BCUT2D eigenvalue weighted by Gasteiger charge is -2.15. The largest absolute Gasteiger partial charge is 0.454 e. The second-order valence-corrected chi connectivity index (χ2v) is 5.33. The third-order valence-corrected chi connectivity index (χ3v) is 3.77. The molecule has 1 N–H and O–H groups in total. The van der Waals surface area contributed by atoms with Crippen molar-refractivity contribution in [3.63, 3.8) is 0 Å². The fourth-order valence-electron chi connectivity index (χ4n) is 2.31. The standard InChI is InChI=1S/C17H21N3O2/c1-3-20(2)17-7-5-14(11-19-17)10-18-9-13-4-6-15-16(8-13)22-12-21-15/h4-8,11,18H,3,9-10,12H2,1-2H3. The van der Waals surface area contributed by atoms with Crippen molar-refractivity contribution < 1.29 is 9.47 Å². The monoisotopic (exact) mass is 299 g/mol. The van der Waals surface area contributed by atoms with Gasteiger partial charge in [-0.3, -0.25) is 0 Å². The molecule has 0 bridgehead atoms. The van der Waals surface area contributed by atoms with Crippen molar-refractivity contribution in [2.24, 2.45) is 0 Å². The van der Waals surface area contributed by atoms with Crippen LogP contribution in [0.2, 0.25) is 0 Å². The van der Waals surface area contributed by atoms with E-state index in [1.165, 1.54) is 11.1 Å². The Morgan fingerprint density at radius 1 is 1.09 bits per heavy atom. The molecule has 0 saturated heterocycles. The van der Waals surface area contributed by atoms with Crippen LogP contribution < -0.4 is 19.7 Å². The van der Waals surface area contributed by atoms with Crippen molar-refractivity contribution in [1.29, 1.82) is 0 Å². The zero-order valence-corrected chi connectivity index (χ0v) is 13.0. The van der Waals surface area contributed by atoms with Gasteiger partial charge in [-0.15, -0.1) is 0 Å². The molecule has 1 aliphatic rings. The molecular formula is C17H21N3O2. The first-order chi connectivity index (χ1) is 10.8. The number of hydrogen-bond acceptors (Lipinski definition) is 5. The molecule has 0 radical (unpaired) electrons. The number of benzene rings is 1. The highest BCUT2D eigenvalue weighted by Crippen LogP contribution is 2.32. The summed E-state index contributed by atoms with van der Waals surface area (Å²) in [5.74, 6) is 2.65. The molecule has 0 saturated carbocycles. The van der Waals surface area contributed by atoms with Gasteiger partial charge in [-0.25, -0.2) is 4.98 Å². The van der Waals surface area contributed by atoms with Gasteiger partial charge in [-0.1, -0.05) is 12.1 Å². The molecular weight excluding hydrogens is 278 g/mol. The molecule has 2 heterocycles. The summed E-state index contributed by atoms with van der Waals surface area (Å²) in [6.07, 6.45) is 1.92. The number of nitrogens with zero attached hydrogens (tertiary/aromatic N) is 2. The van der Waals surface area contributed by atoms with Gasteiger partial charge in [0.15, 0.2) is 11.5 Å². The van der Waals surface area contributed by atoms with E-state index in [1.807, 2.05) is 25.4 Å². The van der Waals surface area contributed by atoms with Gasteiger partial charge in [-0.2, -0.15) is 0 Å². The van der Waals surface area contributed by atoms with E-state index in [4.69, 9.17) is 9.47 Å². The number of aromatic nitrogens is 1. The lowest BCUT2D eigenvalue weighted by atomic mass is 10.2. The van der Waals surface area contributed by atoms with Crippen molar-refractivity contribution in [1.82, 2.24) is 10.3 Å². The molecule has 5 heteroatoms. The molecule has 0 amide bonds. The van der Waals surface area contributed by atoms with Gasteiger partial charge >= 0.3 is 0 Å².